The van der Waals surface area contributed by atoms with Gasteiger partial charge in [0.15, 0.2) is 0 Å². The standard InChI is InChI=1S/C14H15ClN2O/c1-3-10(15)8-11-9-17(2)13-7-5-4-6-12(13)14(18)16-11/h3-7,9-10H,1,8H2,2H3,(H,16,18). The normalized spacial score (nSPS) is 16.2. The lowest BCUT2D eigenvalue weighted by Crippen LogP contribution is -2.23. The van der Waals surface area contributed by atoms with Crippen molar-refractivity contribution >= 4 is 23.2 Å². The van der Waals surface area contributed by atoms with Gasteiger partial charge in [0.2, 0.25) is 0 Å². The average Bonchev–Trinajstić information content (AvgIpc) is 2.48. The molecule has 1 aliphatic heterocycles. The van der Waals surface area contributed by atoms with E-state index in [0.29, 0.717) is 12.0 Å². The molecule has 1 aromatic carbocycles. The number of allylic oxidation sites excluding steroid dienone is 2. The molecule has 1 amide bonds. The summed E-state index contributed by atoms with van der Waals surface area (Å²) in [4.78, 5) is 14.0. The van der Waals surface area contributed by atoms with E-state index in [-0.39, 0.29) is 11.3 Å². The summed E-state index contributed by atoms with van der Waals surface area (Å²) in [5.41, 5.74) is 2.34. The zero-order chi connectivity index (χ0) is 13.1. The van der Waals surface area contributed by atoms with E-state index in [1.165, 1.54) is 0 Å². The van der Waals surface area contributed by atoms with Crippen LogP contribution in [-0.2, 0) is 0 Å². The summed E-state index contributed by atoms with van der Waals surface area (Å²) in [6.45, 7) is 3.64. The predicted octanol–water partition coefficient (Wildman–Crippen LogP) is 2.89. The van der Waals surface area contributed by atoms with E-state index in [4.69, 9.17) is 11.6 Å². The molecule has 1 atom stereocenters. The number of nitrogens with zero attached hydrogens (tertiary/aromatic N) is 1. The zero-order valence-electron chi connectivity index (χ0n) is 10.2. The molecule has 1 unspecified atom stereocenters. The molecule has 1 aliphatic rings. The molecule has 3 nitrogen and oxygen atoms in total. The maximum absolute atomic E-state index is 12.1. The van der Waals surface area contributed by atoms with E-state index in [9.17, 15) is 4.79 Å². The summed E-state index contributed by atoms with van der Waals surface area (Å²) in [6.07, 6.45) is 4.10. The number of anilines is 1. The fourth-order valence-electron chi connectivity index (χ4n) is 1.92. The predicted molar refractivity (Wildman–Crippen MR) is 74.8 cm³/mol. The molecule has 0 saturated carbocycles. The number of fused-ring (bicyclic) bond motifs is 1. The maximum Gasteiger partial charge on any atom is 0.257 e. The molecule has 4 heteroatoms. The Hall–Kier alpha value is -1.74. The summed E-state index contributed by atoms with van der Waals surface area (Å²) in [5, 5.41) is 2.69. The van der Waals surface area contributed by atoms with Crippen molar-refractivity contribution in [1.29, 1.82) is 0 Å². The van der Waals surface area contributed by atoms with Crippen molar-refractivity contribution in [3.05, 3.63) is 54.4 Å². The van der Waals surface area contributed by atoms with Gasteiger partial charge in [-0.3, -0.25) is 4.79 Å². The maximum atomic E-state index is 12.1. The van der Waals surface area contributed by atoms with Crippen molar-refractivity contribution in [2.75, 3.05) is 11.9 Å². The fraction of sp³-hybridized carbons (Fsp3) is 0.214. The molecule has 0 saturated heterocycles. The van der Waals surface area contributed by atoms with Crippen molar-refractivity contribution < 1.29 is 4.79 Å². The van der Waals surface area contributed by atoms with Gasteiger partial charge in [-0.15, -0.1) is 18.2 Å². The second-order valence-corrected chi connectivity index (χ2v) is 4.75. The van der Waals surface area contributed by atoms with Crippen LogP contribution in [0.1, 0.15) is 16.8 Å². The minimum Gasteiger partial charge on any atom is -0.349 e. The lowest BCUT2D eigenvalue weighted by Gasteiger charge is -2.15. The lowest BCUT2D eigenvalue weighted by atomic mass is 10.1. The topological polar surface area (TPSA) is 32.3 Å². The van der Waals surface area contributed by atoms with Crippen LogP contribution in [0.4, 0.5) is 5.69 Å². The first-order chi connectivity index (χ1) is 8.61. The van der Waals surface area contributed by atoms with Gasteiger partial charge in [0.05, 0.1) is 16.6 Å². The zero-order valence-corrected chi connectivity index (χ0v) is 10.9. The fourth-order valence-corrected chi connectivity index (χ4v) is 2.09. The van der Waals surface area contributed by atoms with Crippen LogP contribution >= 0.6 is 11.6 Å². The smallest absolute Gasteiger partial charge is 0.257 e. The Kier molecular flexibility index (Phi) is 3.72. The number of alkyl halides is 1. The number of carbonyl (C=O) groups excluding carboxylic acids is 1. The molecule has 0 aliphatic carbocycles. The number of nitrogens with one attached hydrogen (secondary N) is 1. The first-order valence-corrected chi connectivity index (χ1v) is 6.16. The number of carbonyl (C=O) groups is 1. The minimum atomic E-state index is -0.189. The largest absolute Gasteiger partial charge is 0.349 e. The Bertz CT molecular complexity index is 510. The molecule has 1 aromatic rings. The molecule has 0 aromatic heterocycles. The van der Waals surface area contributed by atoms with E-state index in [1.54, 1.807) is 6.08 Å². The van der Waals surface area contributed by atoms with Crippen LogP contribution in [0.25, 0.3) is 0 Å². The number of hydrogen-bond donors (Lipinski definition) is 1. The monoisotopic (exact) mass is 262 g/mol. The van der Waals surface area contributed by atoms with Gasteiger partial charge in [-0.25, -0.2) is 0 Å². The van der Waals surface area contributed by atoms with Crippen LogP contribution in [0, 0.1) is 0 Å². The number of para-hydroxylation sites is 1. The summed E-state index contributed by atoms with van der Waals surface area (Å²) in [5.74, 6) is -0.103. The van der Waals surface area contributed by atoms with Gasteiger partial charge in [-0.05, 0) is 12.1 Å². The highest BCUT2D eigenvalue weighted by Crippen LogP contribution is 2.24. The van der Waals surface area contributed by atoms with E-state index in [0.717, 1.165) is 11.4 Å². The molecule has 18 heavy (non-hydrogen) atoms. The third-order valence-electron chi connectivity index (χ3n) is 2.82. The Balaban J connectivity index is 2.32. The average molecular weight is 263 g/mol. The number of amides is 1. The molecule has 0 spiro atoms. The Morgan fingerprint density at radius 3 is 2.94 bits per heavy atom. The summed E-state index contributed by atoms with van der Waals surface area (Å²) >= 11 is 6.03. The Labute approximate surface area is 112 Å². The van der Waals surface area contributed by atoms with Crippen LogP contribution in [0.5, 0.6) is 0 Å². The number of rotatable bonds is 3. The highest BCUT2D eigenvalue weighted by molar-refractivity contribution is 6.21. The van der Waals surface area contributed by atoms with E-state index >= 15 is 0 Å². The lowest BCUT2D eigenvalue weighted by molar-refractivity contribution is 0.0966. The molecular formula is C14H15ClN2O. The summed E-state index contributed by atoms with van der Waals surface area (Å²) in [6, 6.07) is 7.49. The van der Waals surface area contributed by atoms with Crippen molar-refractivity contribution in [2.24, 2.45) is 0 Å². The highest BCUT2D eigenvalue weighted by Gasteiger charge is 2.19. The molecule has 1 N–H and O–H groups in total. The van der Waals surface area contributed by atoms with Crippen LogP contribution in [-0.4, -0.2) is 18.3 Å². The minimum absolute atomic E-state index is 0.103. The molecule has 0 radical (unpaired) electrons. The third kappa shape index (κ3) is 2.57. The summed E-state index contributed by atoms with van der Waals surface area (Å²) in [7, 11) is 1.91. The van der Waals surface area contributed by atoms with Crippen molar-refractivity contribution in [3.8, 4) is 0 Å². The number of hydrogen-bond acceptors (Lipinski definition) is 2. The number of benzene rings is 1. The Morgan fingerprint density at radius 2 is 2.22 bits per heavy atom. The van der Waals surface area contributed by atoms with Gasteiger partial charge in [0.1, 0.15) is 0 Å². The highest BCUT2D eigenvalue weighted by atomic mass is 35.5. The van der Waals surface area contributed by atoms with Gasteiger partial charge in [-0.1, -0.05) is 18.2 Å². The van der Waals surface area contributed by atoms with Gasteiger partial charge >= 0.3 is 0 Å². The quantitative estimate of drug-likeness (QED) is 0.671. The molecule has 0 fully saturated rings. The van der Waals surface area contributed by atoms with Crippen LogP contribution in [0.3, 0.4) is 0 Å². The summed E-state index contributed by atoms with van der Waals surface area (Å²) < 4.78 is 0. The van der Waals surface area contributed by atoms with Gasteiger partial charge in [0.25, 0.3) is 5.91 Å². The Morgan fingerprint density at radius 1 is 1.50 bits per heavy atom. The van der Waals surface area contributed by atoms with Crippen molar-refractivity contribution in [1.82, 2.24) is 5.32 Å². The van der Waals surface area contributed by atoms with Crippen LogP contribution in [0.2, 0.25) is 0 Å². The number of halogens is 1. The molecule has 1 heterocycles. The van der Waals surface area contributed by atoms with E-state index in [1.807, 2.05) is 42.4 Å². The molecule has 0 bridgehead atoms. The molecule has 2 rings (SSSR count). The van der Waals surface area contributed by atoms with E-state index < -0.39 is 0 Å². The van der Waals surface area contributed by atoms with Crippen molar-refractivity contribution in [2.45, 2.75) is 11.8 Å². The third-order valence-corrected chi connectivity index (χ3v) is 3.16. The van der Waals surface area contributed by atoms with Crippen LogP contribution in [0.15, 0.2) is 48.8 Å². The van der Waals surface area contributed by atoms with Gasteiger partial charge in [0, 0.05) is 25.4 Å². The SMILES string of the molecule is C=CC(Cl)CC1=CN(C)c2ccccc2C(=O)N1. The van der Waals surface area contributed by atoms with Gasteiger partial charge < -0.3 is 10.2 Å². The first-order valence-electron chi connectivity index (χ1n) is 5.72. The second-order valence-electron chi connectivity index (χ2n) is 4.19. The van der Waals surface area contributed by atoms with E-state index in [2.05, 4.69) is 11.9 Å². The van der Waals surface area contributed by atoms with Crippen LogP contribution < -0.4 is 10.2 Å². The molecule has 94 valence electrons. The molecular weight excluding hydrogens is 248 g/mol. The van der Waals surface area contributed by atoms with Crippen molar-refractivity contribution in [3.63, 3.8) is 0 Å². The second kappa shape index (κ2) is 5.27. The van der Waals surface area contributed by atoms with Gasteiger partial charge in [-0.2, -0.15) is 0 Å². The first kappa shape index (κ1) is 12.7.